The van der Waals surface area contributed by atoms with Crippen LogP contribution in [0.4, 0.5) is 0 Å². The van der Waals surface area contributed by atoms with E-state index in [9.17, 15) is 8.42 Å². The lowest BCUT2D eigenvalue weighted by Crippen LogP contribution is -2.39. The monoisotopic (exact) mass is 290 g/mol. The van der Waals surface area contributed by atoms with Gasteiger partial charge in [0.05, 0.1) is 5.75 Å². The van der Waals surface area contributed by atoms with Crippen LogP contribution in [0.2, 0.25) is 0 Å². The summed E-state index contributed by atoms with van der Waals surface area (Å²) in [7, 11) is -2.80. The third-order valence-electron chi connectivity index (χ3n) is 3.82. The average molecular weight is 290 g/mol. The van der Waals surface area contributed by atoms with Gasteiger partial charge < -0.3 is 10.2 Å². The minimum absolute atomic E-state index is 0.271. The maximum absolute atomic E-state index is 11.5. The number of hydrogen-bond acceptors (Lipinski definition) is 4. The van der Waals surface area contributed by atoms with Crippen molar-refractivity contribution in [3.63, 3.8) is 0 Å². The molecule has 0 spiro atoms. The van der Waals surface area contributed by atoms with Crippen molar-refractivity contribution in [1.29, 1.82) is 0 Å². The van der Waals surface area contributed by atoms with Gasteiger partial charge in [-0.3, -0.25) is 0 Å². The molecular weight excluding hydrogens is 260 g/mol. The molecule has 0 saturated carbocycles. The second-order valence-corrected chi connectivity index (χ2v) is 8.08. The van der Waals surface area contributed by atoms with E-state index in [0.717, 1.165) is 51.5 Å². The first-order valence-electron chi connectivity index (χ1n) is 7.71. The minimum atomic E-state index is -2.80. The van der Waals surface area contributed by atoms with Crippen molar-refractivity contribution in [3.8, 4) is 0 Å². The smallest absolute Gasteiger partial charge is 0.150 e. The zero-order chi connectivity index (χ0) is 14.1. The lowest BCUT2D eigenvalue weighted by Gasteiger charge is -2.30. The van der Waals surface area contributed by atoms with Crippen molar-refractivity contribution in [3.05, 3.63) is 0 Å². The number of rotatable bonds is 9. The van der Waals surface area contributed by atoms with Crippen molar-refractivity contribution >= 4 is 9.84 Å². The molecule has 114 valence electrons. The minimum Gasteiger partial charge on any atom is -0.316 e. The first kappa shape index (κ1) is 16.9. The lowest BCUT2D eigenvalue weighted by atomic mass is 9.99. The standard InChI is InChI=1S/C14H30N2O2S/c1-3-9-16(10-6-11-19(17,18)4-2)13-14-7-5-8-15-12-14/h14-15H,3-13H2,1-2H3. The molecular formula is C14H30N2O2S. The van der Waals surface area contributed by atoms with Crippen LogP contribution in [0.25, 0.3) is 0 Å². The maximum atomic E-state index is 11.5. The summed E-state index contributed by atoms with van der Waals surface area (Å²) in [6.07, 6.45) is 4.49. The summed E-state index contributed by atoms with van der Waals surface area (Å²) in [6, 6.07) is 0. The highest BCUT2D eigenvalue weighted by Crippen LogP contribution is 2.12. The van der Waals surface area contributed by atoms with E-state index in [1.54, 1.807) is 6.92 Å². The van der Waals surface area contributed by atoms with E-state index in [2.05, 4.69) is 17.1 Å². The Labute approximate surface area is 118 Å². The number of piperidine rings is 1. The van der Waals surface area contributed by atoms with E-state index < -0.39 is 9.84 Å². The Balaban J connectivity index is 2.31. The van der Waals surface area contributed by atoms with Gasteiger partial charge in [0.15, 0.2) is 0 Å². The van der Waals surface area contributed by atoms with Gasteiger partial charge in [0.2, 0.25) is 0 Å². The Hall–Kier alpha value is -0.130. The second kappa shape index (κ2) is 8.93. The third kappa shape index (κ3) is 7.28. The zero-order valence-electron chi connectivity index (χ0n) is 12.5. The van der Waals surface area contributed by atoms with Crippen molar-refractivity contribution in [2.75, 3.05) is 44.2 Å². The molecule has 0 aromatic rings. The van der Waals surface area contributed by atoms with Crippen LogP contribution in [0.15, 0.2) is 0 Å². The molecule has 0 bridgehead atoms. The number of nitrogens with one attached hydrogen (secondary N) is 1. The second-order valence-electron chi connectivity index (χ2n) is 5.60. The van der Waals surface area contributed by atoms with Gasteiger partial charge in [0.1, 0.15) is 9.84 Å². The molecule has 1 aliphatic rings. The molecule has 0 amide bonds. The van der Waals surface area contributed by atoms with Crippen LogP contribution in [0, 0.1) is 5.92 Å². The van der Waals surface area contributed by atoms with Crippen LogP contribution >= 0.6 is 0 Å². The molecule has 1 unspecified atom stereocenters. The molecule has 0 aromatic heterocycles. The average Bonchev–Trinajstić information content (AvgIpc) is 2.40. The van der Waals surface area contributed by atoms with Gasteiger partial charge in [-0.25, -0.2) is 8.42 Å². The lowest BCUT2D eigenvalue weighted by molar-refractivity contribution is 0.208. The SMILES string of the molecule is CCCN(CCCS(=O)(=O)CC)CC1CCCNC1. The molecule has 1 atom stereocenters. The Morgan fingerprint density at radius 1 is 1.26 bits per heavy atom. The maximum Gasteiger partial charge on any atom is 0.150 e. The molecule has 0 radical (unpaired) electrons. The van der Waals surface area contributed by atoms with Gasteiger partial charge in [-0.05, 0) is 57.8 Å². The fraction of sp³-hybridized carbons (Fsp3) is 1.00. The normalized spacial score (nSPS) is 20.9. The summed E-state index contributed by atoms with van der Waals surface area (Å²) in [5.74, 6) is 1.35. The highest BCUT2D eigenvalue weighted by molar-refractivity contribution is 7.91. The molecule has 1 fully saturated rings. The van der Waals surface area contributed by atoms with Crippen LogP contribution in [0.1, 0.15) is 39.5 Å². The van der Waals surface area contributed by atoms with Crippen molar-refractivity contribution in [1.82, 2.24) is 10.2 Å². The molecule has 19 heavy (non-hydrogen) atoms. The van der Waals surface area contributed by atoms with E-state index in [-0.39, 0.29) is 5.75 Å². The van der Waals surface area contributed by atoms with Crippen LogP contribution < -0.4 is 5.32 Å². The Kier molecular flexibility index (Phi) is 7.95. The van der Waals surface area contributed by atoms with E-state index in [0.29, 0.717) is 5.75 Å². The quantitative estimate of drug-likeness (QED) is 0.699. The summed E-state index contributed by atoms with van der Waals surface area (Å²) in [4.78, 5) is 2.45. The van der Waals surface area contributed by atoms with Gasteiger partial charge in [0, 0.05) is 12.3 Å². The summed E-state index contributed by atoms with van der Waals surface area (Å²) in [6.45, 7) is 9.31. The van der Waals surface area contributed by atoms with Crippen molar-refractivity contribution in [2.24, 2.45) is 5.92 Å². The zero-order valence-corrected chi connectivity index (χ0v) is 13.3. The highest BCUT2D eigenvalue weighted by Gasteiger charge is 2.17. The summed E-state index contributed by atoms with van der Waals surface area (Å²) in [5, 5.41) is 3.45. The number of nitrogens with zero attached hydrogens (tertiary/aromatic N) is 1. The Morgan fingerprint density at radius 3 is 2.63 bits per heavy atom. The summed E-state index contributed by atoms with van der Waals surface area (Å²) >= 11 is 0. The van der Waals surface area contributed by atoms with E-state index in [1.807, 2.05) is 0 Å². The van der Waals surface area contributed by atoms with Crippen molar-refractivity contribution < 1.29 is 8.42 Å². The Bertz CT molecular complexity index is 324. The van der Waals surface area contributed by atoms with E-state index >= 15 is 0 Å². The molecule has 1 rings (SSSR count). The predicted octanol–water partition coefficient (Wildman–Crippen LogP) is 1.52. The fourth-order valence-electron chi connectivity index (χ4n) is 2.71. The number of hydrogen-bond donors (Lipinski definition) is 1. The molecule has 1 saturated heterocycles. The first-order valence-corrected chi connectivity index (χ1v) is 9.53. The van der Waals surface area contributed by atoms with E-state index in [1.165, 1.54) is 12.8 Å². The third-order valence-corrected chi connectivity index (χ3v) is 5.62. The molecule has 5 heteroatoms. The van der Waals surface area contributed by atoms with E-state index in [4.69, 9.17) is 0 Å². The summed E-state index contributed by atoms with van der Waals surface area (Å²) < 4.78 is 23.0. The van der Waals surface area contributed by atoms with Crippen molar-refractivity contribution in [2.45, 2.75) is 39.5 Å². The van der Waals surface area contributed by atoms with Crippen LogP contribution in [0.3, 0.4) is 0 Å². The molecule has 1 aliphatic heterocycles. The molecule has 1 heterocycles. The fourth-order valence-corrected chi connectivity index (χ4v) is 3.57. The summed E-state index contributed by atoms with van der Waals surface area (Å²) in [5.41, 5.74) is 0. The molecule has 0 aromatic carbocycles. The van der Waals surface area contributed by atoms with Gasteiger partial charge in [0.25, 0.3) is 0 Å². The molecule has 0 aliphatic carbocycles. The van der Waals surface area contributed by atoms with Crippen LogP contribution in [0.5, 0.6) is 0 Å². The molecule has 1 N–H and O–H groups in total. The largest absolute Gasteiger partial charge is 0.316 e. The first-order chi connectivity index (χ1) is 9.07. The van der Waals surface area contributed by atoms with Crippen LogP contribution in [-0.4, -0.2) is 57.5 Å². The topological polar surface area (TPSA) is 49.4 Å². The van der Waals surface area contributed by atoms with Gasteiger partial charge in [-0.1, -0.05) is 13.8 Å². The van der Waals surface area contributed by atoms with Crippen LogP contribution in [-0.2, 0) is 9.84 Å². The van der Waals surface area contributed by atoms with Gasteiger partial charge in [-0.2, -0.15) is 0 Å². The number of sulfone groups is 1. The highest BCUT2D eigenvalue weighted by atomic mass is 32.2. The predicted molar refractivity (Wildman–Crippen MR) is 81.3 cm³/mol. The van der Waals surface area contributed by atoms with Gasteiger partial charge in [-0.15, -0.1) is 0 Å². The van der Waals surface area contributed by atoms with Gasteiger partial charge >= 0.3 is 0 Å². The Morgan fingerprint density at radius 2 is 2.05 bits per heavy atom. The molecule has 4 nitrogen and oxygen atoms in total.